The predicted molar refractivity (Wildman–Crippen MR) is 92.2 cm³/mol. The topological polar surface area (TPSA) is 146 Å². The van der Waals surface area contributed by atoms with Crippen LogP contribution in [0.4, 0.5) is 0 Å². The third kappa shape index (κ3) is 5.47. The molecular weight excluding hydrogens is 358 g/mol. The first-order chi connectivity index (χ1) is 12.7. The van der Waals surface area contributed by atoms with Crippen LogP contribution < -0.4 is 5.32 Å². The van der Waals surface area contributed by atoms with E-state index in [9.17, 15) is 30.0 Å². The molecule has 9 nitrogen and oxygen atoms in total. The van der Waals surface area contributed by atoms with Crippen LogP contribution in [-0.2, 0) is 25.5 Å². The summed E-state index contributed by atoms with van der Waals surface area (Å²) in [5.74, 6) is -1.68. The van der Waals surface area contributed by atoms with Gasteiger partial charge in [-0.1, -0.05) is 30.3 Å². The molecule has 2 rings (SSSR count). The molecule has 9 heteroatoms. The fraction of sp³-hybridized carbons (Fsp3) is 0.556. The zero-order valence-corrected chi connectivity index (χ0v) is 15.1. The van der Waals surface area contributed by atoms with Gasteiger partial charge in [0.2, 0.25) is 0 Å². The normalized spacial score (nSPS) is 30.2. The molecule has 0 radical (unpaired) electrons. The molecule has 1 fully saturated rings. The summed E-state index contributed by atoms with van der Waals surface area (Å²) >= 11 is 0. The van der Waals surface area contributed by atoms with E-state index in [0.29, 0.717) is 6.42 Å². The average Bonchev–Trinajstić information content (AvgIpc) is 2.63. The molecule has 0 aliphatic carbocycles. The third-order valence-electron chi connectivity index (χ3n) is 4.26. The number of amides is 1. The lowest BCUT2D eigenvalue weighted by Gasteiger charge is -2.37. The maximum atomic E-state index is 12.2. The number of esters is 1. The lowest BCUT2D eigenvalue weighted by atomic mass is 9.99. The molecular formula is C18H25NO8. The lowest BCUT2D eigenvalue weighted by molar-refractivity contribution is -0.281. The average molecular weight is 383 g/mol. The van der Waals surface area contributed by atoms with E-state index in [-0.39, 0.29) is 6.04 Å². The van der Waals surface area contributed by atoms with Gasteiger partial charge in [-0.05, 0) is 25.8 Å². The van der Waals surface area contributed by atoms with Gasteiger partial charge in [0.05, 0.1) is 0 Å². The molecule has 1 aliphatic heterocycles. The fourth-order valence-electron chi connectivity index (χ4n) is 2.73. The Morgan fingerprint density at radius 1 is 1.07 bits per heavy atom. The van der Waals surface area contributed by atoms with Crippen molar-refractivity contribution in [3.63, 3.8) is 0 Å². The first kappa shape index (κ1) is 21.3. The van der Waals surface area contributed by atoms with Crippen molar-refractivity contribution in [3.8, 4) is 0 Å². The second kappa shape index (κ2) is 9.25. The first-order valence-corrected chi connectivity index (χ1v) is 8.63. The van der Waals surface area contributed by atoms with Gasteiger partial charge in [-0.25, -0.2) is 4.79 Å². The Labute approximate surface area is 156 Å². The summed E-state index contributed by atoms with van der Waals surface area (Å²) in [6.45, 7) is 3.15. The van der Waals surface area contributed by atoms with Gasteiger partial charge in [-0.3, -0.25) is 4.79 Å². The Morgan fingerprint density at radius 3 is 2.33 bits per heavy atom. The van der Waals surface area contributed by atoms with Crippen LogP contribution in [0.3, 0.4) is 0 Å². The van der Waals surface area contributed by atoms with Gasteiger partial charge in [-0.2, -0.15) is 0 Å². The minimum absolute atomic E-state index is 0.212. The SMILES string of the molecule is C[C@H](OC(=O)C1O[C@@H](O)[C@H](O)[C@@H](O)[C@@H]1O)C(=O)N[C@@H](C)Cc1ccccc1. The lowest BCUT2D eigenvalue weighted by Crippen LogP contribution is -2.60. The molecule has 1 aromatic rings. The van der Waals surface area contributed by atoms with Crippen molar-refractivity contribution in [2.45, 2.75) is 63.1 Å². The van der Waals surface area contributed by atoms with Crippen molar-refractivity contribution >= 4 is 11.9 Å². The van der Waals surface area contributed by atoms with Crippen molar-refractivity contribution in [3.05, 3.63) is 35.9 Å². The maximum absolute atomic E-state index is 12.2. The Kier molecular flexibility index (Phi) is 7.28. The molecule has 0 bridgehead atoms. The molecule has 5 N–H and O–H groups in total. The number of hydrogen-bond donors (Lipinski definition) is 5. The summed E-state index contributed by atoms with van der Waals surface area (Å²) in [5.41, 5.74) is 1.04. The molecule has 0 aromatic heterocycles. The highest BCUT2D eigenvalue weighted by molar-refractivity contribution is 5.85. The van der Waals surface area contributed by atoms with Crippen LogP contribution in [0.2, 0.25) is 0 Å². The molecule has 1 heterocycles. The summed E-state index contributed by atoms with van der Waals surface area (Å²) in [6, 6.07) is 9.32. The number of carbonyl (C=O) groups is 2. The Morgan fingerprint density at radius 2 is 1.70 bits per heavy atom. The van der Waals surface area contributed by atoms with E-state index in [1.807, 2.05) is 37.3 Å². The number of hydrogen-bond acceptors (Lipinski definition) is 8. The number of aliphatic hydroxyl groups excluding tert-OH is 4. The molecule has 1 aliphatic rings. The molecule has 0 spiro atoms. The van der Waals surface area contributed by atoms with Crippen LogP contribution in [-0.4, -0.2) is 75.2 Å². The van der Waals surface area contributed by atoms with Gasteiger partial charge in [-0.15, -0.1) is 0 Å². The fourth-order valence-corrected chi connectivity index (χ4v) is 2.73. The Hall–Kier alpha value is -2.04. The van der Waals surface area contributed by atoms with E-state index in [1.165, 1.54) is 6.92 Å². The van der Waals surface area contributed by atoms with Crippen molar-refractivity contribution < 1.29 is 39.5 Å². The molecule has 27 heavy (non-hydrogen) atoms. The molecule has 1 amide bonds. The maximum Gasteiger partial charge on any atom is 0.339 e. The summed E-state index contributed by atoms with van der Waals surface area (Å²) in [4.78, 5) is 24.3. The third-order valence-corrected chi connectivity index (χ3v) is 4.26. The quantitative estimate of drug-likeness (QED) is 0.372. The van der Waals surface area contributed by atoms with Crippen molar-refractivity contribution in [2.75, 3.05) is 0 Å². The van der Waals surface area contributed by atoms with Crippen LogP contribution >= 0.6 is 0 Å². The minimum atomic E-state index is -1.86. The van der Waals surface area contributed by atoms with E-state index in [4.69, 9.17) is 9.47 Å². The van der Waals surface area contributed by atoms with Crippen LogP contribution in [0.5, 0.6) is 0 Å². The standard InChI is InChI=1S/C18H25NO8/c1-9(8-11-6-4-3-5-7-11)19-16(23)10(2)26-18(25)15-13(21)12(20)14(22)17(24)27-15/h3-7,9-10,12-15,17,20-22,24H,8H2,1-2H3,(H,19,23)/t9-,10-,12-,13-,14+,15?,17+/m0/s1. The second-order valence-electron chi connectivity index (χ2n) is 6.60. The summed E-state index contributed by atoms with van der Waals surface area (Å²) < 4.78 is 9.74. The van der Waals surface area contributed by atoms with Crippen LogP contribution in [0.15, 0.2) is 30.3 Å². The molecule has 1 saturated heterocycles. The van der Waals surface area contributed by atoms with Gasteiger partial charge in [0, 0.05) is 6.04 Å². The molecule has 1 unspecified atom stereocenters. The number of benzene rings is 1. The van der Waals surface area contributed by atoms with Gasteiger partial charge in [0.15, 0.2) is 18.5 Å². The van der Waals surface area contributed by atoms with Crippen molar-refractivity contribution in [1.29, 1.82) is 0 Å². The highest BCUT2D eigenvalue weighted by atomic mass is 16.7. The predicted octanol–water partition coefficient (Wildman–Crippen LogP) is -1.53. The van der Waals surface area contributed by atoms with Gasteiger partial charge in [0.1, 0.15) is 18.3 Å². The van der Waals surface area contributed by atoms with Crippen molar-refractivity contribution in [1.82, 2.24) is 5.32 Å². The van der Waals surface area contributed by atoms with E-state index in [0.717, 1.165) is 5.56 Å². The highest BCUT2D eigenvalue weighted by Gasteiger charge is 2.47. The zero-order valence-electron chi connectivity index (χ0n) is 15.1. The monoisotopic (exact) mass is 383 g/mol. The summed E-state index contributed by atoms with van der Waals surface area (Å²) in [5, 5.41) is 41.0. The van der Waals surface area contributed by atoms with E-state index >= 15 is 0 Å². The number of rotatable bonds is 6. The van der Waals surface area contributed by atoms with Crippen LogP contribution in [0, 0.1) is 0 Å². The van der Waals surface area contributed by atoms with Gasteiger partial charge in [0.25, 0.3) is 5.91 Å². The van der Waals surface area contributed by atoms with E-state index < -0.39 is 48.7 Å². The minimum Gasteiger partial charge on any atom is -0.451 e. The molecule has 7 atom stereocenters. The smallest absolute Gasteiger partial charge is 0.339 e. The summed E-state index contributed by atoms with van der Waals surface area (Å²) in [6.07, 6.45) is -9.54. The largest absolute Gasteiger partial charge is 0.451 e. The number of nitrogens with one attached hydrogen (secondary N) is 1. The summed E-state index contributed by atoms with van der Waals surface area (Å²) in [7, 11) is 0. The van der Waals surface area contributed by atoms with E-state index in [2.05, 4.69) is 5.32 Å². The first-order valence-electron chi connectivity index (χ1n) is 8.63. The van der Waals surface area contributed by atoms with Crippen molar-refractivity contribution in [2.24, 2.45) is 0 Å². The Bertz CT molecular complexity index is 640. The van der Waals surface area contributed by atoms with E-state index in [1.54, 1.807) is 0 Å². The van der Waals surface area contributed by atoms with Crippen LogP contribution in [0.1, 0.15) is 19.4 Å². The second-order valence-corrected chi connectivity index (χ2v) is 6.60. The Balaban J connectivity index is 1.87. The molecule has 150 valence electrons. The molecule has 1 aromatic carbocycles. The van der Waals surface area contributed by atoms with Gasteiger partial charge >= 0.3 is 5.97 Å². The number of aliphatic hydroxyl groups is 4. The number of carbonyl (C=O) groups excluding carboxylic acids is 2. The van der Waals surface area contributed by atoms with Gasteiger partial charge < -0.3 is 35.2 Å². The zero-order chi connectivity index (χ0) is 20.1. The van der Waals surface area contributed by atoms with Crippen LogP contribution in [0.25, 0.3) is 0 Å². The number of ether oxygens (including phenoxy) is 2. The molecule has 0 saturated carbocycles. The highest BCUT2D eigenvalue weighted by Crippen LogP contribution is 2.21.